The highest BCUT2D eigenvalue weighted by molar-refractivity contribution is 9.10. The quantitative estimate of drug-likeness (QED) is 0.703. The molecule has 140 valence electrons. The number of unbranched alkanes of at least 4 members (excludes halogenated alkanes) is 1. The molecule has 2 saturated heterocycles. The Bertz CT molecular complexity index is 741. The van der Waals surface area contributed by atoms with Crippen molar-refractivity contribution in [2.75, 3.05) is 7.05 Å². The summed E-state index contributed by atoms with van der Waals surface area (Å²) >= 11 is 3.51. The molecular weight excluding hydrogens is 402 g/mol. The maximum absolute atomic E-state index is 12.7. The van der Waals surface area contributed by atoms with Gasteiger partial charge in [-0.2, -0.15) is 5.06 Å². The van der Waals surface area contributed by atoms with E-state index < -0.39 is 35.9 Å². The van der Waals surface area contributed by atoms with Gasteiger partial charge >= 0.3 is 0 Å². The van der Waals surface area contributed by atoms with Crippen LogP contribution in [0.2, 0.25) is 0 Å². The minimum atomic E-state index is -0.923. The van der Waals surface area contributed by atoms with Crippen LogP contribution in [0.25, 0.3) is 0 Å². The number of hydroxylamine groups is 2. The topological polar surface area (TPSA) is 92.9 Å². The Balaban J connectivity index is 2.06. The number of fused-ring (bicyclic) bond motifs is 1. The van der Waals surface area contributed by atoms with Crippen LogP contribution in [0.3, 0.4) is 0 Å². The monoisotopic (exact) mass is 423 g/mol. The lowest BCUT2D eigenvalue weighted by Crippen LogP contribution is -2.46. The van der Waals surface area contributed by atoms with Crippen LogP contribution in [0, 0.1) is 5.92 Å². The zero-order chi connectivity index (χ0) is 19.0. The van der Waals surface area contributed by atoms with Crippen molar-refractivity contribution in [1.29, 1.82) is 0 Å². The number of likely N-dealkylation sites (N-methyl/N-ethyl adjacent to an activating group) is 1. The summed E-state index contributed by atoms with van der Waals surface area (Å²) in [5.74, 6) is -1.92. The summed E-state index contributed by atoms with van der Waals surface area (Å²) < 4.78 is 0.785. The number of nitrogens with two attached hydrogens (primary N) is 1. The molecule has 8 heteroatoms. The second-order valence-corrected chi connectivity index (χ2v) is 7.53. The molecule has 0 aliphatic carbocycles. The van der Waals surface area contributed by atoms with Crippen LogP contribution in [0.1, 0.15) is 37.8 Å². The van der Waals surface area contributed by atoms with E-state index in [1.54, 1.807) is 0 Å². The van der Waals surface area contributed by atoms with E-state index >= 15 is 0 Å². The van der Waals surface area contributed by atoms with Crippen molar-refractivity contribution in [3.63, 3.8) is 0 Å². The highest BCUT2D eigenvalue weighted by Gasteiger charge is 2.60. The van der Waals surface area contributed by atoms with Gasteiger partial charge in [0.25, 0.3) is 5.91 Å². The number of imide groups is 1. The second kappa shape index (κ2) is 7.46. The minimum absolute atomic E-state index is 0.304. The molecule has 4 atom stereocenters. The summed E-state index contributed by atoms with van der Waals surface area (Å²) in [6.07, 6.45) is 1.26. The zero-order valence-electron chi connectivity index (χ0n) is 14.7. The Morgan fingerprint density at radius 1 is 1.31 bits per heavy atom. The highest BCUT2D eigenvalue weighted by Crippen LogP contribution is 2.47. The maximum atomic E-state index is 12.7. The highest BCUT2D eigenvalue weighted by atomic mass is 79.9. The zero-order valence-corrected chi connectivity index (χ0v) is 16.3. The van der Waals surface area contributed by atoms with Crippen LogP contribution in [0.4, 0.5) is 0 Å². The van der Waals surface area contributed by atoms with Gasteiger partial charge < -0.3 is 5.73 Å². The van der Waals surface area contributed by atoms with E-state index in [2.05, 4.69) is 15.9 Å². The van der Waals surface area contributed by atoms with Crippen molar-refractivity contribution in [2.45, 2.75) is 44.4 Å². The Labute approximate surface area is 160 Å². The largest absolute Gasteiger partial charge is 0.368 e. The fraction of sp³-hybridized carbons (Fsp3) is 0.500. The van der Waals surface area contributed by atoms with Gasteiger partial charge in [-0.1, -0.05) is 53.9 Å². The van der Waals surface area contributed by atoms with Crippen LogP contribution < -0.4 is 5.73 Å². The molecular formula is C18H22BrN3O4. The summed E-state index contributed by atoms with van der Waals surface area (Å²) in [6.45, 7) is 2.02. The van der Waals surface area contributed by atoms with E-state index in [1.807, 2.05) is 31.2 Å². The number of likely N-dealkylation sites (tertiary alicyclic amines) is 1. The first-order valence-electron chi connectivity index (χ1n) is 8.68. The lowest BCUT2D eigenvalue weighted by Gasteiger charge is -2.32. The number of benzene rings is 1. The Hall–Kier alpha value is -1.77. The molecule has 1 aromatic rings. The van der Waals surface area contributed by atoms with Gasteiger partial charge in [-0.05, 0) is 18.1 Å². The Morgan fingerprint density at radius 3 is 2.62 bits per heavy atom. The molecule has 0 bridgehead atoms. The van der Waals surface area contributed by atoms with Gasteiger partial charge in [-0.15, -0.1) is 0 Å². The fourth-order valence-corrected chi connectivity index (χ4v) is 4.20. The standard InChI is InChI=1S/C18H22BrN3O4/c1-3-4-9-12(16(20)23)22-14(10-7-5-6-8-11(10)19)13-15(26-22)18(25)21(2)17(13)24/h5-8,12-15H,3-4,9H2,1-2H3,(H2,20,23). The van der Waals surface area contributed by atoms with E-state index in [0.29, 0.717) is 6.42 Å². The van der Waals surface area contributed by atoms with Crippen molar-refractivity contribution in [3.8, 4) is 0 Å². The van der Waals surface area contributed by atoms with Crippen LogP contribution >= 0.6 is 15.9 Å². The van der Waals surface area contributed by atoms with Gasteiger partial charge in [-0.3, -0.25) is 24.1 Å². The third-order valence-electron chi connectivity index (χ3n) is 5.06. The summed E-state index contributed by atoms with van der Waals surface area (Å²) in [5, 5.41) is 1.48. The molecule has 2 N–H and O–H groups in total. The Morgan fingerprint density at radius 2 is 2.00 bits per heavy atom. The molecule has 4 unspecified atom stereocenters. The first kappa shape index (κ1) is 19.0. The summed E-state index contributed by atoms with van der Waals surface area (Å²) in [5.41, 5.74) is 6.42. The van der Waals surface area contributed by atoms with Gasteiger partial charge in [0, 0.05) is 11.5 Å². The SMILES string of the molecule is CCCCC(C(N)=O)N1OC2C(=O)N(C)C(=O)C2C1c1ccccc1Br. The molecule has 2 fully saturated rings. The van der Waals surface area contributed by atoms with Crippen molar-refractivity contribution in [2.24, 2.45) is 11.7 Å². The molecule has 26 heavy (non-hydrogen) atoms. The molecule has 0 aromatic heterocycles. The van der Waals surface area contributed by atoms with Crippen LogP contribution in [0.15, 0.2) is 28.7 Å². The van der Waals surface area contributed by atoms with Gasteiger partial charge in [0.2, 0.25) is 11.8 Å². The fourth-order valence-electron chi connectivity index (χ4n) is 3.68. The number of carbonyl (C=O) groups is 3. The minimum Gasteiger partial charge on any atom is -0.368 e. The lowest BCUT2D eigenvalue weighted by atomic mass is 9.90. The average molecular weight is 424 g/mol. The smallest absolute Gasteiger partial charge is 0.261 e. The molecule has 0 radical (unpaired) electrons. The van der Waals surface area contributed by atoms with E-state index in [1.165, 1.54) is 12.1 Å². The van der Waals surface area contributed by atoms with E-state index in [9.17, 15) is 14.4 Å². The van der Waals surface area contributed by atoms with E-state index in [-0.39, 0.29) is 5.91 Å². The van der Waals surface area contributed by atoms with Crippen LogP contribution in [-0.4, -0.2) is 46.9 Å². The van der Waals surface area contributed by atoms with Crippen LogP contribution in [0.5, 0.6) is 0 Å². The molecule has 2 heterocycles. The van der Waals surface area contributed by atoms with Crippen molar-refractivity contribution in [1.82, 2.24) is 9.96 Å². The average Bonchev–Trinajstić information content (AvgIpc) is 3.08. The summed E-state index contributed by atoms with van der Waals surface area (Å²) in [6, 6.07) is 6.16. The molecule has 0 saturated carbocycles. The summed E-state index contributed by atoms with van der Waals surface area (Å²) in [7, 11) is 1.45. The van der Waals surface area contributed by atoms with E-state index in [4.69, 9.17) is 10.6 Å². The van der Waals surface area contributed by atoms with E-state index in [0.717, 1.165) is 27.8 Å². The normalized spacial score (nSPS) is 27.0. The number of hydrogen-bond acceptors (Lipinski definition) is 5. The second-order valence-electron chi connectivity index (χ2n) is 6.67. The third kappa shape index (κ3) is 3.06. The number of rotatable bonds is 6. The molecule has 1 aromatic carbocycles. The first-order chi connectivity index (χ1) is 12.4. The van der Waals surface area contributed by atoms with Gasteiger partial charge in [0.05, 0.1) is 12.0 Å². The van der Waals surface area contributed by atoms with Gasteiger partial charge in [0.1, 0.15) is 6.04 Å². The number of hydrogen-bond donors (Lipinski definition) is 1. The third-order valence-corrected chi connectivity index (χ3v) is 5.78. The molecule has 7 nitrogen and oxygen atoms in total. The summed E-state index contributed by atoms with van der Waals surface area (Å²) in [4.78, 5) is 44.2. The van der Waals surface area contributed by atoms with Crippen molar-refractivity contribution in [3.05, 3.63) is 34.3 Å². The molecule has 3 rings (SSSR count). The number of nitrogens with zero attached hydrogens (tertiary/aromatic N) is 2. The molecule has 2 aliphatic rings. The number of halogens is 1. The molecule has 2 aliphatic heterocycles. The predicted octanol–water partition coefficient (Wildman–Crippen LogP) is 1.76. The number of amides is 3. The lowest BCUT2D eigenvalue weighted by molar-refractivity contribution is -0.199. The molecule has 0 spiro atoms. The predicted molar refractivity (Wildman–Crippen MR) is 97.4 cm³/mol. The number of carbonyl (C=O) groups excluding carboxylic acids is 3. The van der Waals surface area contributed by atoms with Gasteiger partial charge in [0.15, 0.2) is 6.10 Å². The number of primary amides is 1. The van der Waals surface area contributed by atoms with Crippen molar-refractivity contribution >= 4 is 33.7 Å². The van der Waals surface area contributed by atoms with Gasteiger partial charge in [-0.25, -0.2) is 0 Å². The van der Waals surface area contributed by atoms with Crippen molar-refractivity contribution < 1.29 is 19.2 Å². The van der Waals surface area contributed by atoms with Crippen LogP contribution in [-0.2, 0) is 19.2 Å². The molecule has 3 amide bonds. The maximum Gasteiger partial charge on any atom is 0.261 e. The Kier molecular flexibility index (Phi) is 5.45. The first-order valence-corrected chi connectivity index (χ1v) is 9.48.